The number of carbonyl (C=O) groups is 1. The molecule has 0 fully saturated rings. The summed E-state index contributed by atoms with van der Waals surface area (Å²) in [5.74, 6) is 0.586. The van der Waals surface area contributed by atoms with Crippen LogP contribution >= 0.6 is 35.4 Å². The number of rotatable bonds is 4. The van der Waals surface area contributed by atoms with Crippen LogP contribution in [0.4, 0.5) is 5.69 Å². The fraction of sp³-hybridized carbons (Fsp3) is 0.125. The number of anilines is 1. The van der Waals surface area contributed by atoms with Crippen LogP contribution in [0.5, 0.6) is 11.5 Å². The van der Waals surface area contributed by atoms with Gasteiger partial charge in [0.2, 0.25) is 0 Å². The van der Waals surface area contributed by atoms with Crippen LogP contribution in [-0.2, 0) is 0 Å². The smallest absolute Gasteiger partial charge is 0.269 e. The molecule has 25 heavy (non-hydrogen) atoms. The molecule has 1 amide bonds. The van der Waals surface area contributed by atoms with Crippen LogP contribution in [0.25, 0.3) is 0 Å². The molecule has 2 rings (SSSR count). The molecule has 132 valence electrons. The van der Waals surface area contributed by atoms with E-state index in [9.17, 15) is 4.79 Å². The van der Waals surface area contributed by atoms with Gasteiger partial charge in [0.05, 0.1) is 14.2 Å². The molecule has 0 atom stereocenters. The van der Waals surface area contributed by atoms with E-state index >= 15 is 0 Å². The first kappa shape index (κ1) is 19.1. The lowest BCUT2D eigenvalue weighted by Gasteiger charge is -2.13. The lowest BCUT2D eigenvalue weighted by molar-refractivity contribution is 0.0943. The molecule has 0 aliphatic carbocycles. The van der Waals surface area contributed by atoms with Crippen molar-refractivity contribution in [3.05, 3.63) is 52.0 Å². The number of amides is 1. The van der Waals surface area contributed by atoms with Crippen molar-refractivity contribution in [2.24, 2.45) is 0 Å². The molecule has 3 N–H and O–H groups in total. The van der Waals surface area contributed by atoms with Gasteiger partial charge in [0.1, 0.15) is 11.5 Å². The number of methoxy groups -OCH3 is 2. The van der Waals surface area contributed by atoms with Gasteiger partial charge in [-0.15, -0.1) is 0 Å². The average molecular weight is 400 g/mol. The summed E-state index contributed by atoms with van der Waals surface area (Å²) in [6.07, 6.45) is 0. The molecule has 0 aromatic heterocycles. The van der Waals surface area contributed by atoms with Crippen LogP contribution in [0.1, 0.15) is 10.4 Å². The second-order valence-electron chi connectivity index (χ2n) is 4.79. The lowest BCUT2D eigenvalue weighted by Crippen LogP contribution is -2.43. The standard InChI is InChI=1S/C16H15Cl2N3O3S/c1-23-13-3-9(4-14(8-13)24-2)15(22)20-21-16(25)19-12-6-10(17)5-11(18)7-12/h3-8H,1-2H3,(H,20,22)(H2,19,21,25). The number of ether oxygens (including phenoxy) is 2. The minimum atomic E-state index is -0.412. The number of thiocarbonyl (C=S) groups is 1. The summed E-state index contributed by atoms with van der Waals surface area (Å²) in [4.78, 5) is 12.2. The first-order valence-corrected chi connectivity index (χ1v) is 8.14. The highest BCUT2D eigenvalue weighted by Gasteiger charge is 2.10. The van der Waals surface area contributed by atoms with Crippen molar-refractivity contribution >= 4 is 52.1 Å². The Morgan fingerprint density at radius 1 is 0.920 bits per heavy atom. The van der Waals surface area contributed by atoms with Gasteiger partial charge in [-0.1, -0.05) is 23.2 Å². The first-order chi connectivity index (χ1) is 11.9. The highest BCUT2D eigenvalue weighted by Crippen LogP contribution is 2.23. The van der Waals surface area contributed by atoms with E-state index in [1.165, 1.54) is 14.2 Å². The van der Waals surface area contributed by atoms with Crippen LogP contribution in [0.15, 0.2) is 36.4 Å². The van der Waals surface area contributed by atoms with Gasteiger partial charge in [-0.2, -0.15) is 0 Å². The van der Waals surface area contributed by atoms with Gasteiger partial charge >= 0.3 is 0 Å². The monoisotopic (exact) mass is 399 g/mol. The van der Waals surface area contributed by atoms with Gasteiger partial charge in [-0.05, 0) is 42.5 Å². The Morgan fingerprint density at radius 2 is 1.48 bits per heavy atom. The van der Waals surface area contributed by atoms with Crippen molar-refractivity contribution in [2.75, 3.05) is 19.5 Å². The van der Waals surface area contributed by atoms with Crippen molar-refractivity contribution in [3.8, 4) is 11.5 Å². The zero-order valence-electron chi connectivity index (χ0n) is 13.4. The summed E-state index contributed by atoms with van der Waals surface area (Å²) in [6, 6.07) is 9.72. The molecular formula is C16H15Cl2N3O3S. The maximum atomic E-state index is 12.2. The van der Waals surface area contributed by atoms with Crippen LogP contribution < -0.4 is 25.6 Å². The number of hydrogen-bond donors (Lipinski definition) is 3. The van der Waals surface area contributed by atoms with Crippen LogP contribution in [0.2, 0.25) is 10.0 Å². The van der Waals surface area contributed by atoms with E-state index in [0.29, 0.717) is 32.8 Å². The maximum absolute atomic E-state index is 12.2. The van der Waals surface area contributed by atoms with Gasteiger partial charge in [0, 0.05) is 27.4 Å². The highest BCUT2D eigenvalue weighted by atomic mass is 35.5. The van der Waals surface area contributed by atoms with Crippen molar-refractivity contribution in [1.82, 2.24) is 10.9 Å². The molecular weight excluding hydrogens is 385 g/mol. The van der Waals surface area contributed by atoms with Crippen LogP contribution in [0, 0.1) is 0 Å². The normalized spacial score (nSPS) is 9.92. The Morgan fingerprint density at radius 3 is 2.00 bits per heavy atom. The number of carbonyl (C=O) groups excluding carboxylic acids is 1. The highest BCUT2D eigenvalue weighted by molar-refractivity contribution is 7.80. The largest absolute Gasteiger partial charge is 0.497 e. The van der Waals surface area contributed by atoms with E-state index in [2.05, 4.69) is 16.2 Å². The molecule has 0 spiro atoms. The molecule has 0 heterocycles. The molecule has 6 nitrogen and oxygen atoms in total. The molecule has 9 heteroatoms. The molecule has 0 unspecified atom stereocenters. The first-order valence-electron chi connectivity index (χ1n) is 6.98. The number of nitrogens with one attached hydrogen (secondary N) is 3. The van der Waals surface area contributed by atoms with Crippen molar-refractivity contribution < 1.29 is 14.3 Å². The average Bonchev–Trinajstić information content (AvgIpc) is 2.58. The number of halogens is 2. The van der Waals surface area contributed by atoms with E-state index in [4.69, 9.17) is 44.9 Å². The molecule has 0 saturated heterocycles. The third-order valence-corrected chi connectivity index (χ3v) is 3.66. The minimum Gasteiger partial charge on any atom is -0.497 e. The fourth-order valence-corrected chi connectivity index (χ4v) is 2.61. The third kappa shape index (κ3) is 5.67. The summed E-state index contributed by atoms with van der Waals surface area (Å²) in [6.45, 7) is 0. The second-order valence-corrected chi connectivity index (χ2v) is 6.07. The number of hydrogen-bond acceptors (Lipinski definition) is 4. The third-order valence-electron chi connectivity index (χ3n) is 3.02. The topological polar surface area (TPSA) is 71.6 Å². The number of benzene rings is 2. The SMILES string of the molecule is COc1cc(OC)cc(C(=O)NNC(=S)Nc2cc(Cl)cc(Cl)c2)c1. The minimum absolute atomic E-state index is 0.168. The van der Waals surface area contributed by atoms with E-state index in [-0.39, 0.29) is 5.11 Å². The Balaban J connectivity index is 1.98. The fourth-order valence-electron chi connectivity index (χ4n) is 1.91. The Hall–Kier alpha value is -2.22. The Kier molecular flexibility index (Phi) is 6.69. The predicted molar refractivity (Wildman–Crippen MR) is 103 cm³/mol. The summed E-state index contributed by atoms with van der Waals surface area (Å²) in [7, 11) is 3.01. The zero-order valence-corrected chi connectivity index (χ0v) is 15.7. The molecule has 2 aromatic carbocycles. The van der Waals surface area contributed by atoms with Crippen LogP contribution in [-0.4, -0.2) is 25.2 Å². The van der Waals surface area contributed by atoms with Gasteiger partial charge in [0.25, 0.3) is 5.91 Å². The van der Waals surface area contributed by atoms with Gasteiger partial charge in [-0.3, -0.25) is 15.6 Å². The summed E-state index contributed by atoms with van der Waals surface area (Å²) < 4.78 is 10.3. The number of hydrazine groups is 1. The van der Waals surface area contributed by atoms with Crippen LogP contribution in [0.3, 0.4) is 0 Å². The summed E-state index contributed by atoms with van der Waals surface area (Å²) in [5, 5.41) is 3.96. The maximum Gasteiger partial charge on any atom is 0.269 e. The zero-order chi connectivity index (χ0) is 18.4. The van der Waals surface area contributed by atoms with E-state index < -0.39 is 5.91 Å². The van der Waals surface area contributed by atoms with Gasteiger partial charge < -0.3 is 14.8 Å². The summed E-state index contributed by atoms with van der Waals surface area (Å²) >= 11 is 16.9. The van der Waals surface area contributed by atoms with E-state index in [1.807, 2.05) is 0 Å². The molecule has 0 bridgehead atoms. The molecule has 0 aliphatic heterocycles. The Bertz CT molecular complexity index is 760. The van der Waals surface area contributed by atoms with Gasteiger partial charge in [-0.25, -0.2) is 0 Å². The lowest BCUT2D eigenvalue weighted by atomic mass is 10.2. The van der Waals surface area contributed by atoms with Crippen molar-refractivity contribution in [1.29, 1.82) is 0 Å². The Labute approximate surface area is 160 Å². The van der Waals surface area contributed by atoms with Gasteiger partial charge in [0.15, 0.2) is 5.11 Å². The van der Waals surface area contributed by atoms with E-state index in [1.54, 1.807) is 36.4 Å². The quantitative estimate of drug-likeness (QED) is 0.538. The van der Waals surface area contributed by atoms with E-state index in [0.717, 1.165) is 0 Å². The molecule has 2 aromatic rings. The molecule has 0 radical (unpaired) electrons. The van der Waals surface area contributed by atoms with Crippen molar-refractivity contribution in [2.45, 2.75) is 0 Å². The predicted octanol–water partition coefficient (Wildman–Crippen LogP) is 3.64. The second kappa shape index (κ2) is 8.75. The summed E-state index contributed by atoms with van der Waals surface area (Å²) in [5.41, 5.74) is 6.01. The van der Waals surface area contributed by atoms with Crippen molar-refractivity contribution in [3.63, 3.8) is 0 Å². The molecule has 0 aliphatic rings. The molecule has 0 saturated carbocycles.